The van der Waals surface area contributed by atoms with Gasteiger partial charge in [-0.2, -0.15) is 0 Å². The van der Waals surface area contributed by atoms with E-state index in [0.29, 0.717) is 5.54 Å². The van der Waals surface area contributed by atoms with Crippen molar-refractivity contribution in [1.29, 1.82) is 0 Å². The molecule has 0 saturated heterocycles. The first-order valence-electron chi connectivity index (χ1n) is 13.8. The van der Waals surface area contributed by atoms with Gasteiger partial charge in [-0.1, -0.05) is 96.8 Å². The molecule has 0 spiro atoms. The fraction of sp³-hybridized carbons (Fsp3) is 1.00. The number of unbranched alkanes of at least 4 members (excludes halogenated alkanes) is 14. The average Bonchev–Trinajstić information content (AvgIpc) is 2.77. The Bertz CT molecular complexity index is 359. The van der Waals surface area contributed by atoms with Crippen LogP contribution in [0.4, 0.5) is 0 Å². The molecule has 0 unspecified atom stereocenters. The van der Waals surface area contributed by atoms with E-state index in [1.165, 1.54) is 141 Å². The molecule has 0 atom stereocenters. The molecule has 0 heterocycles. The topological polar surface area (TPSA) is 29.3 Å². The third kappa shape index (κ3) is 9.72. The second kappa shape index (κ2) is 15.7. The molecule has 3 aliphatic rings. The molecule has 0 radical (unpaired) electrons. The Morgan fingerprint density at radius 3 is 1.45 bits per heavy atom. The van der Waals surface area contributed by atoms with Crippen LogP contribution < -0.4 is 5.73 Å². The molecule has 29 heavy (non-hydrogen) atoms. The van der Waals surface area contributed by atoms with Gasteiger partial charge in [-0.05, 0) is 57.4 Å². The lowest BCUT2D eigenvalue weighted by molar-refractivity contribution is -0.0107. The summed E-state index contributed by atoms with van der Waals surface area (Å²) in [7, 11) is 0. The van der Waals surface area contributed by atoms with Gasteiger partial charge in [0.15, 0.2) is 0 Å². The zero-order chi connectivity index (χ0) is 20.6. The van der Waals surface area contributed by atoms with Crippen molar-refractivity contribution in [1.82, 2.24) is 4.90 Å². The van der Waals surface area contributed by atoms with Gasteiger partial charge in [-0.25, -0.2) is 0 Å². The fourth-order valence-corrected chi connectivity index (χ4v) is 6.12. The molecule has 2 heteroatoms. The van der Waals surface area contributed by atoms with E-state index in [1.54, 1.807) is 0 Å². The van der Waals surface area contributed by atoms with Gasteiger partial charge in [0.2, 0.25) is 0 Å². The third-order valence-electron chi connectivity index (χ3n) is 8.16. The normalized spacial score (nSPS) is 23.9. The maximum atomic E-state index is 5.98. The Hall–Kier alpha value is -0.0800. The Kier molecular flexibility index (Phi) is 13.6. The zero-order valence-electron chi connectivity index (χ0n) is 20.1. The molecule has 2 nitrogen and oxygen atoms in total. The predicted molar refractivity (Wildman–Crippen MR) is 129 cm³/mol. The summed E-state index contributed by atoms with van der Waals surface area (Å²) in [5.41, 5.74) is 6.52. The van der Waals surface area contributed by atoms with Crippen LogP contribution in [0.5, 0.6) is 0 Å². The summed E-state index contributed by atoms with van der Waals surface area (Å²) in [4.78, 5) is 2.82. The molecule has 0 amide bonds. The molecule has 0 aromatic rings. The molecule has 0 aliphatic heterocycles. The Labute approximate surface area is 183 Å². The lowest BCUT2D eigenvalue weighted by atomic mass is 9.65. The predicted octanol–water partition coefficient (Wildman–Crippen LogP) is 7.84. The fourth-order valence-electron chi connectivity index (χ4n) is 6.12. The van der Waals surface area contributed by atoms with Crippen LogP contribution in [0.3, 0.4) is 0 Å². The van der Waals surface area contributed by atoms with Crippen molar-refractivity contribution in [2.45, 2.75) is 147 Å². The summed E-state index contributed by atoms with van der Waals surface area (Å²) in [5, 5.41) is 0. The van der Waals surface area contributed by atoms with Crippen LogP contribution in [-0.2, 0) is 0 Å². The molecule has 3 aliphatic carbocycles. The minimum Gasteiger partial charge on any atom is -0.329 e. The number of hydrogen-bond acceptors (Lipinski definition) is 2. The number of hydrogen-bond donors (Lipinski definition) is 1. The summed E-state index contributed by atoms with van der Waals surface area (Å²) in [6.07, 6.45) is 30.6. The molecule has 2 N–H and O–H groups in total. The molecule has 3 saturated carbocycles. The molecule has 0 aromatic carbocycles. The van der Waals surface area contributed by atoms with Crippen molar-refractivity contribution in [3.8, 4) is 0 Å². The van der Waals surface area contributed by atoms with Gasteiger partial charge in [0.05, 0.1) is 0 Å². The van der Waals surface area contributed by atoms with E-state index >= 15 is 0 Å². The molecular formula is C27H54N2. The molecule has 172 valence electrons. The maximum absolute atomic E-state index is 5.98. The van der Waals surface area contributed by atoms with Gasteiger partial charge in [-0.3, -0.25) is 4.90 Å². The molecule has 3 fully saturated rings. The van der Waals surface area contributed by atoms with Gasteiger partial charge in [0, 0.05) is 18.6 Å². The summed E-state index contributed by atoms with van der Waals surface area (Å²) in [6, 6.07) is 0. The summed E-state index contributed by atoms with van der Waals surface area (Å²) in [6.45, 7) is 5.57. The maximum Gasteiger partial charge on any atom is 0.0210 e. The van der Waals surface area contributed by atoms with Gasteiger partial charge in [0.1, 0.15) is 0 Å². The van der Waals surface area contributed by atoms with E-state index in [1.807, 2.05) is 0 Å². The zero-order valence-corrected chi connectivity index (χ0v) is 20.1. The largest absolute Gasteiger partial charge is 0.329 e. The second-order valence-corrected chi connectivity index (χ2v) is 10.4. The van der Waals surface area contributed by atoms with Crippen LogP contribution in [0.25, 0.3) is 0 Å². The summed E-state index contributed by atoms with van der Waals surface area (Å²) in [5.74, 6) is 1.06. The minimum atomic E-state index is 0.546. The van der Waals surface area contributed by atoms with Crippen LogP contribution in [0.15, 0.2) is 0 Å². The van der Waals surface area contributed by atoms with E-state index in [9.17, 15) is 0 Å². The Balaban J connectivity index is 1.40. The number of fused-ring (bicyclic) bond motifs is 3. The van der Waals surface area contributed by atoms with Crippen LogP contribution in [0.1, 0.15) is 142 Å². The SMILES string of the molecule is CCCCCCCCCCCCCCCCCN(CCN)C12CCC(CC1)CC2. The van der Waals surface area contributed by atoms with Crippen molar-refractivity contribution < 1.29 is 0 Å². The first kappa shape index (κ1) is 25.2. The Morgan fingerprint density at radius 2 is 1.03 bits per heavy atom. The third-order valence-corrected chi connectivity index (χ3v) is 8.16. The lowest BCUT2D eigenvalue weighted by Crippen LogP contribution is -2.55. The van der Waals surface area contributed by atoms with Crippen molar-refractivity contribution in [3.63, 3.8) is 0 Å². The van der Waals surface area contributed by atoms with Gasteiger partial charge in [0.25, 0.3) is 0 Å². The van der Waals surface area contributed by atoms with Crippen molar-refractivity contribution >= 4 is 0 Å². The van der Waals surface area contributed by atoms with Crippen molar-refractivity contribution in [3.05, 3.63) is 0 Å². The number of rotatable bonds is 19. The highest BCUT2D eigenvalue weighted by Crippen LogP contribution is 2.47. The van der Waals surface area contributed by atoms with E-state index < -0.39 is 0 Å². The Morgan fingerprint density at radius 1 is 0.621 bits per heavy atom. The highest BCUT2D eigenvalue weighted by molar-refractivity contribution is 4.99. The van der Waals surface area contributed by atoms with Gasteiger partial charge in [-0.15, -0.1) is 0 Å². The van der Waals surface area contributed by atoms with E-state index in [-0.39, 0.29) is 0 Å². The van der Waals surface area contributed by atoms with E-state index in [2.05, 4.69) is 11.8 Å². The molecule has 0 aromatic heterocycles. The van der Waals surface area contributed by atoms with Crippen molar-refractivity contribution in [2.24, 2.45) is 11.7 Å². The van der Waals surface area contributed by atoms with E-state index in [4.69, 9.17) is 5.73 Å². The standard InChI is InChI=1S/C27H54N2/c1-2-3-4-5-6-7-8-9-10-11-12-13-14-15-16-24-29(25-23-28)27-20-17-26(18-21-27)19-22-27/h26H,2-25,28H2,1H3. The van der Waals surface area contributed by atoms with Crippen LogP contribution >= 0.6 is 0 Å². The minimum absolute atomic E-state index is 0.546. The first-order chi connectivity index (χ1) is 14.3. The quantitative estimate of drug-likeness (QED) is 0.221. The van der Waals surface area contributed by atoms with Gasteiger partial charge >= 0.3 is 0 Å². The smallest absolute Gasteiger partial charge is 0.0210 e. The van der Waals surface area contributed by atoms with Crippen molar-refractivity contribution in [2.75, 3.05) is 19.6 Å². The summed E-state index contributed by atoms with van der Waals surface area (Å²) >= 11 is 0. The summed E-state index contributed by atoms with van der Waals surface area (Å²) < 4.78 is 0. The highest BCUT2D eigenvalue weighted by atomic mass is 15.2. The molecule has 2 bridgehead atoms. The molecular weight excluding hydrogens is 352 g/mol. The van der Waals surface area contributed by atoms with Crippen LogP contribution in [0.2, 0.25) is 0 Å². The van der Waals surface area contributed by atoms with Crippen LogP contribution in [0, 0.1) is 5.92 Å². The lowest BCUT2D eigenvalue weighted by Gasteiger charge is -2.53. The second-order valence-electron chi connectivity index (χ2n) is 10.4. The van der Waals surface area contributed by atoms with E-state index in [0.717, 1.165) is 19.0 Å². The van der Waals surface area contributed by atoms with Gasteiger partial charge < -0.3 is 5.73 Å². The number of nitrogens with two attached hydrogens (primary N) is 1. The monoisotopic (exact) mass is 406 g/mol. The first-order valence-corrected chi connectivity index (χ1v) is 13.8. The van der Waals surface area contributed by atoms with Crippen LogP contribution in [-0.4, -0.2) is 30.1 Å². The highest BCUT2D eigenvalue weighted by Gasteiger charge is 2.43. The molecule has 3 rings (SSSR count). The average molecular weight is 407 g/mol. The number of nitrogens with zero attached hydrogens (tertiary/aromatic N) is 1.